The van der Waals surface area contributed by atoms with Crippen LogP contribution in [0.4, 0.5) is 17.1 Å². The Labute approximate surface area is 309 Å². The van der Waals surface area contributed by atoms with Crippen LogP contribution in [0.1, 0.15) is 43.6 Å². The zero-order valence-corrected chi connectivity index (χ0v) is 30.0. The second-order valence-corrected chi connectivity index (χ2v) is 15.4. The van der Waals surface area contributed by atoms with E-state index in [1.165, 1.54) is 102 Å². The minimum absolute atomic E-state index is 0.690. The molecule has 1 aromatic heterocycles. The average molecular weight is 686 g/mol. The van der Waals surface area contributed by atoms with Gasteiger partial charge in [-0.25, -0.2) is 0 Å². The van der Waals surface area contributed by atoms with E-state index in [2.05, 4.69) is 175 Å². The first-order valence-electron chi connectivity index (χ1n) is 18.7. The van der Waals surface area contributed by atoms with Crippen molar-refractivity contribution in [1.82, 2.24) is 0 Å². The van der Waals surface area contributed by atoms with Crippen LogP contribution in [0.25, 0.3) is 64.0 Å². The Morgan fingerprint density at radius 1 is 0.442 bits per heavy atom. The van der Waals surface area contributed by atoms with Gasteiger partial charge in [0.15, 0.2) is 0 Å². The summed E-state index contributed by atoms with van der Waals surface area (Å²) >= 11 is 1.88. The summed E-state index contributed by atoms with van der Waals surface area (Å²) < 4.78 is 2.63. The highest BCUT2D eigenvalue weighted by Gasteiger charge is 2.21. The highest BCUT2D eigenvalue weighted by molar-refractivity contribution is 7.25. The Bertz CT molecular complexity index is 2730. The smallest absolute Gasteiger partial charge is 0.0540 e. The number of hydrogen-bond acceptors (Lipinski definition) is 2. The van der Waals surface area contributed by atoms with E-state index in [9.17, 15) is 0 Å². The van der Waals surface area contributed by atoms with Gasteiger partial charge in [-0.2, -0.15) is 0 Å². The maximum absolute atomic E-state index is 2.48. The Morgan fingerprint density at radius 2 is 1.12 bits per heavy atom. The zero-order chi connectivity index (χ0) is 34.4. The third-order valence-electron chi connectivity index (χ3n) is 11.2. The van der Waals surface area contributed by atoms with Crippen molar-refractivity contribution >= 4 is 70.1 Å². The second-order valence-electron chi connectivity index (χ2n) is 14.3. The molecule has 250 valence electrons. The summed E-state index contributed by atoms with van der Waals surface area (Å²) in [5.41, 5.74) is 9.91. The molecule has 1 saturated carbocycles. The van der Waals surface area contributed by atoms with Crippen molar-refractivity contribution in [3.8, 4) is 22.3 Å². The van der Waals surface area contributed by atoms with Crippen LogP contribution in [0, 0.1) is 0 Å². The summed E-state index contributed by atoms with van der Waals surface area (Å²) in [5.74, 6) is 0.690. The summed E-state index contributed by atoms with van der Waals surface area (Å²) in [6.07, 6.45) is 6.71. The van der Waals surface area contributed by atoms with Crippen molar-refractivity contribution in [2.75, 3.05) is 4.90 Å². The van der Waals surface area contributed by atoms with Gasteiger partial charge in [-0.1, -0.05) is 153 Å². The quantitative estimate of drug-likeness (QED) is 0.168. The predicted octanol–water partition coefficient (Wildman–Crippen LogP) is 15.2. The van der Waals surface area contributed by atoms with E-state index in [0.29, 0.717) is 5.92 Å². The Kier molecular flexibility index (Phi) is 7.84. The number of rotatable bonds is 6. The molecule has 0 atom stereocenters. The lowest BCUT2D eigenvalue weighted by Crippen LogP contribution is -2.11. The van der Waals surface area contributed by atoms with E-state index in [1.54, 1.807) is 0 Å². The lowest BCUT2D eigenvalue weighted by molar-refractivity contribution is 0.444. The van der Waals surface area contributed by atoms with Gasteiger partial charge in [0.1, 0.15) is 0 Å². The lowest BCUT2D eigenvalue weighted by atomic mass is 9.83. The van der Waals surface area contributed by atoms with Crippen molar-refractivity contribution in [1.29, 1.82) is 0 Å². The maximum atomic E-state index is 2.48. The molecule has 0 amide bonds. The predicted molar refractivity (Wildman–Crippen MR) is 226 cm³/mol. The SMILES string of the molecule is c1ccc(-c2cccc3cccc(-c4ccccc4N(c4ccc5cc(C6CCCCC6)ccc5c4)c4ccc5c(c4)sc4ccccc45)c23)cc1. The first-order chi connectivity index (χ1) is 25.8. The van der Waals surface area contributed by atoms with Crippen molar-refractivity contribution in [2.45, 2.75) is 38.0 Å². The van der Waals surface area contributed by atoms with Gasteiger partial charge >= 0.3 is 0 Å². The Morgan fingerprint density at radius 3 is 2.00 bits per heavy atom. The van der Waals surface area contributed by atoms with Crippen LogP contribution in [0.15, 0.2) is 170 Å². The number of benzene rings is 8. The summed E-state index contributed by atoms with van der Waals surface area (Å²) in [6.45, 7) is 0. The molecule has 0 unspecified atom stereocenters. The van der Waals surface area contributed by atoms with Crippen LogP contribution < -0.4 is 4.90 Å². The van der Waals surface area contributed by atoms with Crippen molar-refractivity contribution in [3.63, 3.8) is 0 Å². The molecule has 0 saturated heterocycles. The number of hydrogen-bond donors (Lipinski definition) is 0. The van der Waals surface area contributed by atoms with Crippen LogP contribution in [0.3, 0.4) is 0 Å². The fraction of sp³-hybridized carbons (Fsp3) is 0.120. The lowest BCUT2D eigenvalue weighted by Gasteiger charge is -2.29. The molecule has 1 heterocycles. The fourth-order valence-electron chi connectivity index (χ4n) is 8.68. The highest BCUT2D eigenvalue weighted by Crippen LogP contribution is 2.47. The third kappa shape index (κ3) is 5.46. The van der Waals surface area contributed by atoms with E-state index in [0.717, 1.165) is 17.1 Å². The molecule has 0 spiro atoms. The summed E-state index contributed by atoms with van der Waals surface area (Å²) in [4.78, 5) is 2.48. The first-order valence-corrected chi connectivity index (χ1v) is 19.5. The van der Waals surface area contributed by atoms with Crippen LogP contribution >= 0.6 is 11.3 Å². The van der Waals surface area contributed by atoms with Crippen LogP contribution in [0.5, 0.6) is 0 Å². The van der Waals surface area contributed by atoms with Gasteiger partial charge in [-0.05, 0) is 99.0 Å². The van der Waals surface area contributed by atoms with Crippen molar-refractivity contribution in [3.05, 3.63) is 175 Å². The molecule has 1 aliphatic rings. The molecular weight excluding hydrogens is 647 g/mol. The average Bonchev–Trinajstić information content (AvgIpc) is 3.59. The molecular formula is C50H39NS. The Hall–Kier alpha value is -5.70. The van der Waals surface area contributed by atoms with Crippen molar-refractivity contribution in [2.24, 2.45) is 0 Å². The molecule has 1 aliphatic carbocycles. The normalized spacial score (nSPS) is 13.7. The summed E-state index contributed by atoms with van der Waals surface area (Å²) in [5, 5.41) is 7.75. The minimum Gasteiger partial charge on any atom is -0.310 e. The molecule has 1 fully saturated rings. The van der Waals surface area contributed by atoms with Crippen LogP contribution in [-0.4, -0.2) is 0 Å². The zero-order valence-electron chi connectivity index (χ0n) is 29.1. The van der Waals surface area contributed by atoms with Gasteiger partial charge in [0.25, 0.3) is 0 Å². The van der Waals surface area contributed by atoms with Gasteiger partial charge in [-0.3, -0.25) is 0 Å². The molecule has 0 aliphatic heterocycles. The molecule has 0 N–H and O–H groups in total. The van der Waals surface area contributed by atoms with Crippen LogP contribution in [0.2, 0.25) is 0 Å². The number of anilines is 3. The maximum Gasteiger partial charge on any atom is 0.0540 e. The number of fused-ring (bicyclic) bond motifs is 5. The molecule has 10 rings (SSSR count). The molecule has 8 aromatic carbocycles. The molecule has 0 bridgehead atoms. The van der Waals surface area contributed by atoms with Gasteiger partial charge in [0.2, 0.25) is 0 Å². The Balaban J connectivity index is 1.18. The second kappa shape index (κ2) is 13.1. The monoisotopic (exact) mass is 685 g/mol. The van der Waals surface area contributed by atoms with Gasteiger partial charge in [-0.15, -0.1) is 11.3 Å². The van der Waals surface area contributed by atoms with E-state index in [4.69, 9.17) is 0 Å². The summed E-state index contributed by atoms with van der Waals surface area (Å²) in [7, 11) is 0. The fourth-order valence-corrected chi connectivity index (χ4v) is 9.82. The molecule has 1 nitrogen and oxygen atoms in total. The summed E-state index contributed by atoms with van der Waals surface area (Å²) in [6, 6.07) is 63.3. The van der Waals surface area contributed by atoms with Gasteiger partial charge < -0.3 is 4.90 Å². The molecule has 52 heavy (non-hydrogen) atoms. The molecule has 2 heteroatoms. The van der Waals surface area contributed by atoms with E-state index < -0.39 is 0 Å². The number of thiophene rings is 1. The van der Waals surface area contributed by atoms with Crippen LogP contribution in [-0.2, 0) is 0 Å². The molecule has 0 radical (unpaired) electrons. The standard InChI is InChI=1S/C50H39NS/c1-3-13-34(14-4-1)37-25-26-39-32-40(28-27-38(39)31-37)51(41-29-30-45-44-20-8-10-24-48(44)52-49(45)33-41)47-23-9-7-19-43(47)46-22-12-18-36-17-11-21-42(50(36)46)35-15-5-2-6-16-35/h2,5-12,15-34H,1,3-4,13-14H2. The number of nitrogens with zero attached hydrogens (tertiary/aromatic N) is 1. The largest absolute Gasteiger partial charge is 0.310 e. The molecule has 9 aromatic rings. The van der Waals surface area contributed by atoms with E-state index in [1.807, 2.05) is 11.3 Å². The minimum atomic E-state index is 0.690. The van der Waals surface area contributed by atoms with E-state index >= 15 is 0 Å². The highest BCUT2D eigenvalue weighted by atomic mass is 32.1. The first kappa shape index (κ1) is 31.1. The number of para-hydroxylation sites is 1. The van der Waals surface area contributed by atoms with Gasteiger partial charge in [0, 0.05) is 37.1 Å². The van der Waals surface area contributed by atoms with E-state index in [-0.39, 0.29) is 0 Å². The van der Waals surface area contributed by atoms with Gasteiger partial charge in [0.05, 0.1) is 5.69 Å². The third-order valence-corrected chi connectivity index (χ3v) is 12.4. The van der Waals surface area contributed by atoms with Crippen molar-refractivity contribution < 1.29 is 0 Å². The topological polar surface area (TPSA) is 3.24 Å².